The van der Waals surface area contributed by atoms with Crippen LogP contribution in [0.15, 0.2) is 0 Å². The molecule has 1 aliphatic rings. The molecular weight excluding hydrogens is 240 g/mol. The summed E-state index contributed by atoms with van der Waals surface area (Å²) in [7, 11) is 1.39. The molecular formula is C12H25ClN2O2. The van der Waals surface area contributed by atoms with Gasteiger partial charge in [0.25, 0.3) is 0 Å². The Morgan fingerprint density at radius 1 is 1.29 bits per heavy atom. The van der Waals surface area contributed by atoms with Gasteiger partial charge in [-0.25, -0.2) is 4.79 Å². The van der Waals surface area contributed by atoms with Crippen LogP contribution in [-0.4, -0.2) is 43.3 Å². The second-order valence-electron chi connectivity index (χ2n) is 4.64. The molecule has 1 fully saturated rings. The largest absolute Gasteiger partial charge is 0.453 e. The highest BCUT2D eigenvalue weighted by atomic mass is 35.5. The van der Waals surface area contributed by atoms with Crippen molar-refractivity contribution in [3.63, 3.8) is 0 Å². The Bertz CT molecular complexity index is 217. The third-order valence-electron chi connectivity index (χ3n) is 3.43. The number of rotatable bonds is 5. The lowest BCUT2D eigenvalue weighted by Gasteiger charge is -2.25. The molecule has 0 saturated carbocycles. The third kappa shape index (κ3) is 5.59. The number of methoxy groups -OCH3 is 1. The highest BCUT2D eigenvalue weighted by molar-refractivity contribution is 5.85. The van der Waals surface area contributed by atoms with Crippen molar-refractivity contribution in [3.05, 3.63) is 0 Å². The van der Waals surface area contributed by atoms with Crippen LogP contribution < -0.4 is 5.32 Å². The van der Waals surface area contributed by atoms with Gasteiger partial charge in [0.15, 0.2) is 0 Å². The van der Waals surface area contributed by atoms with Crippen LogP contribution in [0.25, 0.3) is 0 Å². The van der Waals surface area contributed by atoms with Gasteiger partial charge in [0, 0.05) is 18.6 Å². The van der Waals surface area contributed by atoms with Crippen molar-refractivity contribution in [1.82, 2.24) is 10.2 Å². The summed E-state index contributed by atoms with van der Waals surface area (Å²) in [6.45, 7) is 6.46. The minimum atomic E-state index is -0.331. The lowest BCUT2D eigenvalue weighted by molar-refractivity contribution is 0.170. The molecule has 1 amide bonds. The average Bonchev–Trinajstić information content (AvgIpc) is 2.59. The Balaban J connectivity index is 0.00000256. The summed E-state index contributed by atoms with van der Waals surface area (Å²) in [6.07, 6.45) is 4.47. The first-order chi connectivity index (χ1) is 7.65. The summed E-state index contributed by atoms with van der Waals surface area (Å²) in [5.74, 6) is 0. The molecule has 0 aliphatic carbocycles. The number of ether oxygens (including phenoxy) is 1. The number of hydrogen-bond acceptors (Lipinski definition) is 3. The summed E-state index contributed by atoms with van der Waals surface area (Å²) in [4.78, 5) is 13.4. The molecule has 4 nitrogen and oxygen atoms in total. The van der Waals surface area contributed by atoms with Gasteiger partial charge in [-0.3, -0.25) is 4.90 Å². The number of halogens is 1. The van der Waals surface area contributed by atoms with Crippen molar-refractivity contribution < 1.29 is 9.53 Å². The molecule has 2 unspecified atom stereocenters. The molecule has 0 radical (unpaired) electrons. The molecule has 102 valence electrons. The standard InChI is InChI=1S/C12H24N2O2.ClH/c1-10-6-7-11(2)14(10)9-5-4-8-13-12(15)16-3;/h10-11H,4-9H2,1-3H3,(H,13,15);1H. The third-order valence-corrected chi connectivity index (χ3v) is 3.43. The number of nitrogens with zero attached hydrogens (tertiary/aromatic N) is 1. The zero-order chi connectivity index (χ0) is 12.0. The zero-order valence-electron chi connectivity index (χ0n) is 11.1. The summed E-state index contributed by atoms with van der Waals surface area (Å²) < 4.78 is 4.50. The van der Waals surface area contributed by atoms with Gasteiger partial charge in [-0.05, 0) is 46.1 Å². The first kappa shape index (κ1) is 16.5. The summed E-state index contributed by atoms with van der Waals surface area (Å²) in [5.41, 5.74) is 0. The van der Waals surface area contributed by atoms with Crippen molar-refractivity contribution in [2.45, 2.75) is 51.6 Å². The van der Waals surface area contributed by atoms with E-state index in [4.69, 9.17) is 0 Å². The molecule has 0 aromatic heterocycles. The molecule has 2 atom stereocenters. The Labute approximate surface area is 110 Å². The molecule has 1 aliphatic heterocycles. The minimum absolute atomic E-state index is 0. The van der Waals surface area contributed by atoms with Gasteiger partial charge in [0.05, 0.1) is 7.11 Å². The maximum Gasteiger partial charge on any atom is 0.406 e. The van der Waals surface area contributed by atoms with Crippen LogP contribution in [0.4, 0.5) is 4.79 Å². The second-order valence-corrected chi connectivity index (χ2v) is 4.64. The summed E-state index contributed by atoms with van der Waals surface area (Å²) >= 11 is 0. The van der Waals surface area contributed by atoms with Crippen LogP contribution in [0.3, 0.4) is 0 Å². The minimum Gasteiger partial charge on any atom is -0.453 e. The van der Waals surface area contributed by atoms with Crippen LogP contribution in [0.2, 0.25) is 0 Å². The van der Waals surface area contributed by atoms with Gasteiger partial charge in [-0.1, -0.05) is 0 Å². The monoisotopic (exact) mass is 264 g/mol. The molecule has 0 aromatic rings. The molecule has 17 heavy (non-hydrogen) atoms. The first-order valence-corrected chi connectivity index (χ1v) is 6.22. The van der Waals surface area contributed by atoms with E-state index in [2.05, 4.69) is 28.8 Å². The lowest BCUT2D eigenvalue weighted by Crippen LogP contribution is -2.34. The van der Waals surface area contributed by atoms with E-state index in [0.29, 0.717) is 6.54 Å². The summed E-state index contributed by atoms with van der Waals surface area (Å²) in [6, 6.07) is 1.45. The Kier molecular flexibility index (Phi) is 8.35. The van der Waals surface area contributed by atoms with Crippen LogP contribution in [0, 0.1) is 0 Å². The van der Waals surface area contributed by atoms with Gasteiger partial charge in [0.1, 0.15) is 0 Å². The van der Waals surface area contributed by atoms with Crippen molar-refractivity contribution in [2.75, 3.05) is 20.2 Å². The number of amides is 1. The Hall–Kier alpha value is -0.480. The lowest BCUT2D eigenvalue weighted by atomic mass is 10.2. The smallest absolute Gasteiger partial charge is 0.406 e. The highest BCUT2D eigenvalue weighted by Gasteiger charge is 2.26. The second kappa shape index (κ2) is 8.59. The topological polar surface area (TPSA) is 41.6 Å². The number of alkyl carbamates (subject to hydrolysis) is 1. The predicted molar refractivity (Wildman–Crippen MR) is 71.8 cm³/mol. The normalized spacial score (nSPS) is 24.2. The number of unbranched alkanes of at least 4 members (excludes halogenated alkanes) is 1. The van der Waals surface area contributed by atoms with Crippen molar-refractivity contribution in [3.8, 4) is 0 Å². The van der Waals surface area contributed by atoms with E-state index in [1.165, 1.54) is 20.0 Å². The fraction of sp³-hybridized carbons (Fsp3) is 0.917. The molecule has 0 bridgehead atoms. The van der Waals surface area contributed by atoms with E-state index in [-0.39, 0.29) is 18.5 Å². The fourth-order valence-electron chi connectivity index (χ4n) is 2.37. The van der Waals surface area contributed by atoms with Gasteiger partial charge < -0.3 is 10.1 Å². The quantitative estimate of drug-likeness (QED) is 0.776. The maximum absolute atomic E-state index is 10.8. The molecule has 0 spiro atoms. The van der Waals surface area contributed by atoms with Crippen LogP contribution in [0.1, 0.15) is 39.5 Å². The van der Waals surface area contributed by atoms with Crippen molar-refractivity contribution in [2.24, 2.45) is 0 Å². The van der Waals surface area contributed by atoms with Crippen molar-refractivity contribution in [1.29, 1.82) is 0 Å². The SMILES string of the molecule is COC(=O)NCCCCN1C(C)CCC1C.Cl. The summed E-state index contributed by atoms with van der Waals surface area (Å²) in [5, 5.41) is 2.70. The fourth-order valence-corrected chi connectivity index (χ4v) is 2.37. The Morgan fingerprint density at radius 3 is 2.41 bits per heavy atom. The van der Waals surface area contributed by atoms with Gasteiger partial charge in [-0.2, -0.15) is 0 Å². The zero-order valence-corrected chi connectivity index (χ0v) is 11.9. The van der Waals surface area contributed by atoms with E-state index in [1.54, 1.807) is 0 Å². The first-order valence-electron chi connectivity index (χ1n) is 6.22. The van der Waals surface area contributed by atoms with Crippen LogP contribution >= 0.6 is 12.4 Å². The van der Waals surface area contributed by atoms with Gasteiger partial charge in [-0.15, -0.1) is 12.4 Å². The molecule has 1 heterocycles. The number of carbonyl (C=O) groups excluding carboxylic acids is 1. The number of likely N-dealkylation sites (tertiary alicyclic amines) is 1. The Morgan fingerprint density at radius 2 is 1.88 bits per heavy atom. The number of hydrogen-bond donors (Lipinski definition) is 1. The molecule has 1 N–H and O–H groups in total. The maximum atomic E-state index is 10.8. The molecule has 0 aromatic carbocycles. The van der Waals surface area contributed by atoms with E-state index < -0.39 is 0 Å². The van der Waals surface area contributed by atoms with Gasteiger partial charge in [0.2, 0.25) is 0 Å². The van der Waals surface area contributed by atoms with Gasteiger partial charge >= 0.3 is 6.09 Å². The predicted octanol–water partition coefficient (Wildman–Crippen LogP) is 2.42. The van der Waals surface area contributed by atoms with E-state index >= 15 is 0 Å². The van der Waals surface area contributed by atoms with Crippen molar-refractivity contribution >= 4 is 18.5 Å². The number of carbonyl (C=O) groups is 1. The van der Waals surface area contributed by atoms with Crippen LogP contribution in [0.5, 0.6) is 0 Å². The van der Waals surface area contributed by atoms with E-state index in [9.17, 15) is 4.79 Å². The van der Waals surface area contributed by atoms with Crippen LogP contribution in [-0.2, 0) is 4.74 Å². The average molecular weight is 265 g/mol. The highest BCUT2D eigenvalue weighted by Crippen LogP contribution is 2.23. The molecule has 1 saturated heterocycles. The molecule has 1 rings (SSSR count). The van der Waals surface area contributed by atoms with E-state index in [1.807, 2.05) is 0 Å². The number of nitrogens with one attached hydrogen (secondary N) is 1. The van der Waals surface area contributed by atoms with E-state index in [0.717, 1.165) is 31.5 Å². The molecule has 5 heteroatoms.